The number of carboxylic acid groups (broad SMARTS) is 1. The molecule has 0 radical (unpaired) electrons. The molecule has 114 valence electrons. The van der Waals surface area contributed by atoms with Crippen LogP contribution in [0.25, 0.3) is 0 Å². The van der Waals surface area contributed by atoms with Crippen molar-refractivity contribution < 1.29 is 19.4 Å². The van der Waals surface area contributed by atoms with E-state index >= 15 is 0 Å². The molecule has 0 spiro atoms. The van der Waals surface area contributed by atoms with Gasteiger partial charge in [-0.2, -0.15) is 0 Å². The van der Waals surface area contributed by atoms with Gasteiger partial charge in [-0.1, -0.05) is 36.4 Å². The fourth-order valence-corrected chi connectivity index (χ4v) is 1.74. The van der Waals surface area contributed by atoms with Crippen molar-refractivity contribution in [1.29, 1.82) is 0 Å². The molecule has 0 fully saturated rings. The van der Waals surface area contributed by atoms with Gasteiger partial charge in [-0.15, -0.1) is 6.58 Å². The third-order valence-electron chi connectivity index (χ3n) is 2.96. The molecule has 0 heterocycles. The van der Waals surface area contributed by atoms with Crippen LogP contribution in [0.5, 0.6) is 0 Å². The molecule has 0 aromatic heterocycles. The van der Waals surface area contributed by atoms with Gasteiger partial charge in [0.15, 0.2) is 0 Å². The second-order valence-electron chi connectivity index (χ2n) is 4.68. The minimum atomic E-state index is -1.06. The van der Waals surface area contributed by atoms with Gasteiger partial charge in [0.05, 0.1) is 6.61 Å². The SMILES string of the molecule is C=CCCOC(C)C(=O)NC(Cc1ccccc1)C(=O)O. The summed E-state index contributed by atoms with van der Waals surface area (Å²) in [6.07, 6.45) is 1.88. The van der Waals surface area contributed by atoms with Crippen LogP contribution in [0.15, 0.2) is 43.0 Å². The van der Waals surface area contributed by atoms with E-state index in [2.05, 4.69) is 11.9 Å². The summed E-state index contributed by atoms with van der Waals surface area (Å²) in [5, 5.41) is 11.7. The van der Waals surface area contributed by atoms with Crippen LogP contribution in [-0.2, 0) is 20.7 Å². The average molecular weight is 291 g/mol. The fraction of sp³-hybridized carbons (Fsp3) is 0.375. The molecule has 1 aromatic carbocycles. The lowest BCUT2D eigenvalue weighted by molar-refractivity contribution is -0.144. The van der Waals surface area contributed by atoms with E-state index in [0.717, 1.165) is 5.56 Å². The first-order valence-corrected chi connectivity index (χ1v) is 6.84. The highest BCUT2D eigenvalue weighted by Crippen LogP contribution is 2.04. The monoisotopic (exact) mass is 291 g/mol. The lowest BCUT2D eigenvalue weighted by Crippen LogP contribution is -2.46. The molecule has 21 heavy (non-hydrogen) atoms. The summed E-state index contributed by atoms with van der Waals surface area (Å²) in [4.78, 5) is 23.2. The number of carboxylic acids is 1. The van der Waals surface area contributed by atoms with Crippen LogP contribution >= 0.6 is 0 Å². The lowest BCUT2D eigenvalue weighted by atomic mass is 10.1. The Kier molecular flexibility index (Phi) is 7.18. The van der Waals surface area contributed by atoms with Crippen molar-refractivity contribution in [2.45, 2.75) is 31.9 Å². The number of rotatable bonds is 9. The van der Waals surface area contributed by atoms with Gasteiger partial charge in [-0.05, 0) is 18.9 Å². The first kappa shape index (κ1) is 16.9. The number of carbonyl (C=O) groups is 2. The average Bonchev–Trinajstić information content (AvgIpc) is 2.47. The van der Waals surface area contributed by atoms with Crippen LogP contribution in [0, 0.1) is 0 Å². The Morgan fingerprint density at radius 2 is 2.05 bits per heavy atom. The standard InChI is InChI=1S/C16H21NO4/c1-3-4-10-21-12(2)15(18)17-14(16(19)20)11-13-8-6-5-7-9-13/h3,5-9,12,14H,1,4,10-11H2,2H3,(H,17,18)(H,19,20). The largest absolute Gasteiger partial charge is 0.480 e. The van der Waals surface area contributed by atoms with Crippen LogP contribution < -0.4 is 5.32 Å². The number of hydrogen-bond donors (Lipinski definition) is 2. The Morgan fingerprint density at radius 3 is 2.62 bits per heavy atom. The second kappa shape index (κ2) is 8.92. The number of ether oxygens (including phenoxy) is 1. The molecule has 2 N–H and O–H groups in total. The zero-order valence-electron chi connectivity index (χ0n) is 12.1. The van der Waals surface area contributed by atoms with E-state index in [1.54, 1.807) is 13.0 Å². The van der Waals surface area contributed by atoms with Crippen molar-refractivity contribution in [2.24, 2.45) is 0 Å². The van der Waals surface area contributed by atoms with E-state index < -0.39 is 24.0 Å². The molecule has 1 amide bonds. The Morgan fingerprint density at radius 1 is 1.38 bits per heavy atom. The summed E-state index contributed by atoms with van der Waals surface area (Å²) in [7, 11) is 0. The molecule has 0 saturated carbocycles. The first-order chi connectivity index (χ1) is 10.0. The maximum atomic E-state index is 11.9. The van der Waals surface area contributed by atoms with Crippen LogP contribution in [0.1, 0.15) is 18.9 Å². The Bertz CT molecular complexity index is 472. The number of benzene rings is 1. The quantitative estimate of drug-likeness (QED) is 0.537. The zero-order valence-corrected chi connectivity index (χ0v) is 12.1. The Labute approximate surface area is 124 Å². The molecular formula is C16H21NO4. The first-order valence-electron chi connectivity index (χ1n) is 6.84. The maximum absolute atomic E-state index is 11.9. The number of aliphatic carboxylic acids is 1. The normalized spacial score (nSPS) is 13.2. The number of carbonyl (C=O) groups excluding carboxylic acids is 1. The summed E-state index contributed by atoms with van der Waals surface area (Å²) < 4.78 is 5.30. The Hall–Kier alpha value is -2.14. The zero-order chi connectivity index (χ0) is 15.7. The summed E-state index contributed by atoms with van der Waals surface area (Å²) in [5.41, 5.74) is 0.852. The number of amides is 1. The summed E-state index contributed by atoms with van der Waals surface area (Å²) in [6.45, 7) is 5.54. The summed E-state index contributed by atoms with van der Waals surface area (Å²) >= 11 is 0. The minimum Gasteiger partial charge on any atom is -0.480 e. The van der Waals surface area contributed by atoms with Crippen LogP contribution in [0.4, 0.5) is 0 Å². The van der Waals surface area contributed by atoms with Crippen LogP contribution in [-0.4, -0.2) is 35.7 Å². The van der Waals surface area contributed by atoms with E-state index in [1.165, 1.54) is 0 Å². The summed E-state index contributed by atoms with van der Waals surface area (Å²) in [5.74, 6) is -1.49. The highest BCUT2D eigenvalue weighted by atomic mass is 16.5. The lowest BCUT2D eigenvalue weighted by Gasteiger charge is -2.18. The highest BCUT2D eigenvalue weighted by molar-refractivity contribution is 5.86. The molecule has 1 rings (SSSR count). The van der Waals surface area contributed by atoms with Crippen molar-refractivity contribution in [3.8, 4) is 0 Å². The molecule has 0 aliphatic carbocycles. The van der Waals surface area contributed by atoms with Crippen molar-refractivity contribution >= 4 is 11.9 Å². The van der Waals surface area contributed by atoms with Gasteiger partial charge in [0.2, 0.25) is 5.91 Å². The molecule has 2 atom stereocenters. The van der Waals surface area contributed by atoms with E-state index in [4.69, 9.17) is 4.74 Å². The molecule has 2 unspecified atom stereocenters. The smallest absolute Gasteiger partial charge is 0.326 e. The van der Waals surface area contributed by atoms with Crippen LogP contribution in [0.2, 0.25) is 0 Å². The molecule has 5 heteroatoms. The summed E-state index contributed by atoms with van der Waals surface area (Å²) in [6, 6.07) is 8.20. The van der Waals surface area contributed by atoms with Crippen molar-refractivity contribution in [2.75, 3.05) is 6.61 Å². The van der Waals surface area contributed by atoms with Crippen molar-refractivity contribution in [3.05, 3.63) is 48.6 Å². The van der Waals surface area contributed by atoms with Gasteiger partial charge in [0.1, 0.15) is 12.1 Å². The molecule has 5 nitrogen and oxygen atoms in total. The predicted octanol–water partition coefficient (Wildman–Crippen LogP) is 1.78. The van der Waals surface area contributed by atoms with Crippen molar-refractivity contribution in [3.63, 3.8) is 0 Å². The molecule has 0 saturated heterocycles. The number of hydrogen-bond acceptors (Lipinski definition) is 3. The van der Waals surface area contributed by atoms with E-state index in [0.29, 0.717) is 13.0 Å². The third-order valence-corrected chi connectivity index (χ3v) is 2.96. The molecule has 0 bridgehead atoms. The molecule has 1 aromatic rings. The Balaban J connectivity index is 2.55. The van der Waals surface area contributed by atoms with Gasteiger partial charge in [-0.25, -0.2) is 4.79 Å². The molecule has 0 aliphatic rings. The topological polar surface area (TPSA) is 75.6 Å². The third kappa shape index (κ3) is 6.23. The highest BCUT2D eigenvalue weighted by Gasteiger charge is 2.23. The maximum Gasteiger partial charge on any atom is 0.326 e. The predicted molar refractivity (Wildman–Crippen MR) is 79.9 cm³/mol. The second-order valence-corrected chi connectivity index (χ2v) is 4.68. The van der Waals surface area contributed by atoms with Crippen LogP contribution in [0.3, 0.4) is 0 Å². The van der Waals surface area contributed by atoms with Gasteiger partial charge in [0.25, 0.3) is 0 Å². The van der Waals surface area contributed by atoms with Crippen molar-refractivity contribution in [1.82, 2.24) is 5.32 Å². The fourth-order valence-electron chi connectivity index (χ4n) is 1.74. The van der Waals surface area contributed by atoms with E-state index in [-0.39, 0.29) is 6.42 Å². The van der Waals surface area contributed by atoms with Gasteiger partial charge in [-0.3, -0.25) is 4.79 Å². The van der Waals surface area contributed by atoms with Gasteiger partial charge in [0, 0.05) is 6.42 Å². The van der Waals surface area contributed by atoms with E-state index in [1.807, 2.05) is 30.3 Å². The van der Waals surface area contributed by atoms with Gasteiger partial charge < -0.3 is 15.2 Å². The number of nitrogens with one attached hydrogen (secondary N) is 1. The molecular weight excluding hydrogens is 270 g/mol. The molecule has 0 aliphatic heterocycles. The van der Waals surface area contributed by atoms with Gasteiger partial charge >= 0.3 is 5.97 Å². The minimum absolute atomic E-state index is 0.237. The van der Waals surface area contributed by atoms with E-state index in [9.17, 15) is 14.7 Å².